The molecule has 0 saturated carbocycles. The van der Waals surface area contributed by atoms with E-state index in [0.29, 0.717) is 11.0 Å². The van der Waals surface area contributed by atoms with Gasteiger partial charge in [-0.15, -0.1) is 0 Å². The third-order valence-electron chi connectivity index (χ3n) is 5.16. The molecule has 0 aliphatic heterocycles. The molecule has 0 aliphatic rings. The Morgan fingerprint density at radius 1 is 1.11 bits per heavy atom. The summed E-state index contributed by atoms with van der Waals surface area (Å²) in [7, 11) is 1.98. The number of carboxylic acid groups (broad SMARTS) is 1. The molecule has 28 heavy (non-hydrogen) atoms. The molecule has 2 aromatic carbocycles. The molecule has 2 aromatic heterocycles. The number of hydrogen-bond donors (Lipinski definition) is 2. The predicted octanol–water partition coefficient (Wildman–Crippen LogP) is 4.63. The van der Waals surface area contributed by atoms with Gasteiger partial charge >= 0.3 is 5.97 Å². The number of aromatic amines is 1. The molecule has 0 unspecified atom stereocenters. The van der Waals surface area contributed by atoms with E-state index in [4.69, 9.17) is 9.97 Å². The van der Waals surface area contributed by atoms with E-state index in [-0.39, 0.29) is 11.6 Å². The molecule has 4 aromatic rings. The van der Waals surface area contributed by atoms with Crippen molar-refractivity contribution in [3.05, 3.63) is 53.7 Å². The lowest BCUT2D eigenvalue weighted by Crippen LogP contribution is -2.27. The zero-order chi connectivity index (χ0) is 20.0. The fourth-order valence-corrected chi connectivity index (χ4v) is 3.27. The highest BCUT2D eigenvalue weighted by Crippen LogP contribution is 2.32. The molecule has 142 valence electrons. The summed E-state index contributed by atoms with van der Waals surface area (Å²) in [5, 5.41) is 10.4. The quantitative estimate of drug-likeness (QED) is 0.544. The number of carbonyl (C=O) groups is 1. The Balaban J connectivity index is 1.98. The highest BCUT2D eigenvalue weighted by molar-refractivity contribution is 5.94. The molecule has 0 atom stereocenters. The lowest BCUT2D eigenvalue weighted by atomic mass is 10.1. The van der Waals surface area contributed by atoms with Gasteiger partial charge in [0.2, 0.25) is 0 Å². The van der Waals surface area contributed by atoms with Crippen LogP contribution in [-0.4, -0.2) is 39.1 Å². The van der Waals surface area contributed by atoms with E-state index in [9.17, 15) is 9.90 Å². The highest BCUT2D eigenvalue weighted by Gasteiger charge is 2.18. The minimum atomic E-state index is -0.972. The van der Waals surface area contributed by atoms with Crippen molar-refractivity contribution in [2.75, 3.05) is 11.9 Å². The molecule has 2 N–H and O–H groups in total. The van der Waals surface area contributed by atoms with Gasteiger partial charge in [-0.3, -0.25) is 0 Å². The Hall–Kier alpha value is -3.41. The summed E-state index contributed by atoms with van der Waals surface area (Å²) >= 11 is 0. The topological polar surface area (TPSA) is 82.1 Å². The maximum Gasteiger partial charge on any atom is 0.335 e. The molecular weight excluding hydrogens is 352 g/mol. The van der Waals surface area contributed by atoms with E-state index in [1.807, 2.05) is 19.3 Å². The Bertz CT molecular complexity index is 1210. The molecule has 6 nitrogen and oxygen atoms in total. The summed E-state index contributed by atoms with van der Waals surface area (Å²) < 4.78 is 0. The zero-order valence-electron chi connectivity index (χ0n) is 16.3. The molecule has 0 fully saturated rings. The average Bonchev–Trinajstić information content (AvgIpc) is 3.06. The molecule has 0 bridgehead atoms. The maximum absolute atomic E-state index is 11.3. The van der Waals surface area contributed by atoms with Gasteiger partial charge in [-0.25, -0.2) is 14.8 Å². The highest BCUT2D eigenvalue weighted by atomic mass is 16.4. The van der Waals surface area contributed by atoms with E-state index >= 15 is 0 Å². The Morgan fingerprint density at radius 2 is 1.89 bits per heavy atom. The summed E-state index contributed by atoms with van der Waals surface area (Å²) in [5.74, 6) is -0.238. The molecule has 0 saturated heterocycles. The number of benzene rings is 2. The second-order valence-electron chi connectivity index (χ2n) is 7.34. The number of H-pyrrole nitrogens is 1. The van der Waals surface area contributed by atoms with E-state index in [1.54, 1.807) is 18.2 Å². The van der Waals surface area contributed by atoms with Gasteiger partial charge in [0.05, 0.1) is 16.6 Å². The number of aromatic carboxylic acids is 1. The van der Waals surface area contributed by atoms with Crippen LogP contribution in [0.15, 0.2) is 42.6 Å². The number of carboxylic acids is 1. The molecule has 0 spiro atoms. The standard InChI is InChI=1S/C22H22N4O2/c1-12(2)26(4)21-20(14-5-7-17-16(9-14)13(3)11-23-17)24-18-8-6-15(22(27)28)10-19(18)25-21/h5-12,23H,1-4H3,(H,27,28). The Morgan fingerprint density at radius 3 is 2.61 bits per heavy atom. The second kappa shape index (κ2) is 6.64. The van der Waals surface area contributed by atoms with E-state index < -0.39 is 5.97 Å². The first-order valence-corrected chi connectivity index (χ1v) is 9.21. The van der Waals surface area contributed by atoms with Crippen molar-refractivity contribution in [3.63, 3.8) is 0 Å². The average molecular weight is 374 g/mol. The molecule has 0 amide bonds. The SMILES string of the molecule is Cc1c[nH]c2ccc(-c3nc4ccc(C(=O)O)cc4nc3N(C)C(C)C)cc12. The number of aromatic nitrogens is 3. The molecule has 0 radical (unpaired) electrons. The van der Waals surface area contributed by atoms with Crippen LogP contribution in [0.4, 0.5) is 5.82 Å². The number of hydrogen-bond acceptors (Lipinski definition) is 4. The summed E-state index contributed by atoms with van der Waals surface area (Å²) in [6, 6.07) is 11.3. The second-order valence-corrected chi connectivity index (χ2v) is 7.34. The molecule has 2 heterocycles. The van der Waals surface area contributed by atoms with Crippen LogP contribution >= 0.6 is 0 Å². The first kappa shape index (κ1) is 18.0. The predicted molar refractivity (Wildman–Crippen MR) is 112 cm³/mol. The smallest absolute Gasteiger partial charge is 0.335 e. The summed E-state index contributed by atoms with van der Waals surface area (Å²) in [4.78, 5) is 26.3. The third kappa shape index (κ3) is 2.97. The fourth-order valence-electron chi connectivity index (χ4n) is 3.27. The number of rotatable bonds is 4. The zero-order valence-corrected chi connectivity index (χ0v) is 16.3. The summed E-state index contributed by atoms with van der Waals surface area (Å²) in [6.07, 6.45) is 2.00. The molecule has 0 aliphatic carbocycles. The van der Waals surface area contributed by atoms with Crippen LogP contribution in [-0.2, 0) is 0 Å². The van der Waals surface area contributed by atoms with Gasteiger partial charge in [0.1, 0.15) is 5.69 Å². The monoisotopic (exact) mass is 374 g/mol. The first-order valence-electron chi connectivity index (χ1n) is 9.21. The van der Waals surface area contributed by atoms with Crippen molar-refractivity contribution in [1.29, 1.82) is 0 Å². The van der Waals surface area contributed by atoms with Crippen LogP contribution in [0.25, 0.3) is 33.2 Å². The lowest BCUT2D eigenvalue weighted by molar-refractivity contribution is 0.0697. The number of fused-ring (bicyclic) bond motifs is 2. The number of aryl methyl sites for hydroxylation is 1. The molecule has 6 heteroatoms. The van der Waals surface area contributed by atoms with Crippen LogP contribution < -0.4 is 4.90 Å². The maximum atomic E-state index is 11.3. The van der Waals surface area contributed by atoms with Crippen molar-refractivity contribution < 1.29 is 9.90 Å². The van der Waals surface area contributed by atoms with Gasteiger partial charge in [0, 0.05) is 35.8 Å². The fraction of sp³-hybridized carbons (Fsp3) is 0.227. The van der Waals surface area contributed by atoms with Crippen molar-refractivity contribution in [1.82, 2.24) is 15.0 Å². The van der Waals surface area contributed by atoms with E-state index in [2.05, 4.69) is 42.8 Å². The van der Waals surface area contributed by atoms with Crippen LogP contribution in [0.5, 0.6) is 0 Å². The van der Waals surface area contributed by atoms with Crippen molar-refractivity contribution in [2.45, 2.75) is 26.8 Å². The van der Waals surface area contributed by atoms with Crippen LogP contribution in [0.1, 0.15) is 29.8 Å². The lowest BCUT2D eigenvalue weighted by Gasteiger charge is -2.25. The first-order chi connectivity index (χ1) is 13.3. The van der Waals surface area contributed by atoms with Crippen molar-refractivity contribution >= 4 is 33.7 Å². The van der Waals surface area contributed by atoms with E-state index in [1.165, 1.54) is 5.56 Å². The number of nitrogens with zero attached hydrogens (tertiary/aromatic N) is 3. The van der Waals surface area contributed by atoms with Gasteiger partial charge < -0.3 is 15.0 Å². The van der Waals surface area contributed by atoms with Gasteiger partial charge in [-0.1, -0.05) is 6.07 Å². The van der Waals surface area contributed by atoms with Crippen LogP contribution in [0, 0.1) is 6.92 Å². The third-order valence-corrected chi connectivity index (χ3v) is 5.16. The van der Waals surface area contributed by atoms with E-state index in [0.717, 1.165) is 28.0 Å². The van der Waals surface area contributed by atoms with Gasteiger partial charge in [-0.2, -0.15) is 0 Å². The van der Waals surface area contributed by atoms with Gasteiger partial charge in [0.25, 0.3) is 0 Å². The summed E-state index contributed by atoms with van der Waals surface area (Å²) in [6.45, 7) is 6.24. The Labute approximate surface area is 162 Å². The normalized spacial score (nSPS) is 11.5. The van der Waals surface area contributed by atoms with Crippen molar-refractivity contribution in [3.8, 4) is 11.3 Å². The molecular formula is C22H22N4O2. The number of nitrogens with one attached hydrogen (secondary N) is 1. The molecule has 4 rings (SSSR count). The Kier molecular flexibility index (Phi) is 4.26. The minimum Gasteiger partial charge on any atom is -0.478 e. The minimum absolute atomic E-state index is 0.206. The van der Waals surface area contributed by atoms with Crippen molar-refractivity contribution in [2.24, 2.45) is 0 Å². The number of anilines is 1. The van der Waals surface area contributed by atoms with Crippen LogP contribution in [0.2, 0.25) is 0 Å². The van der Waals surface area contributed by atoms with Gasteiger partial charge in [-0.05, 0) is 56.7 Å². The van der Waals surface area contributed by atoms with Gasteiger partial charge in [0.15, 0.2) is 5.82 Å². The largest absolute Gasteiger partial charge is 0.478 e. The van der Waals surface area contributed by atoms with Crippen LogP contribution in [0.3, 0.4) is 0 Å². The summed E-state index contributed by atoms with van der Waals surface area (Å²) in [5.41, 5.74) is 5.48.